The number of amides is 1. The highest BCUT2D eigenvalue weighted by Crippen LogP contribution is 2.34. The molecule has 0 bridgehead atoms. The molecule has 0 radical (unpaired) electrons. The van der Waals surface area contributed by atoms with E-state index in [2.05, 4.69) is 20.3 Å². The number of nitrogens with one attached hydrogen (secondary N) is 2. The van der Waals surface area contributed by atoms with Crippen molar-refractivity contribution in [1.82, 2.24) is 20.3 Å². The summed E-state index contributed by atoms with van der Waals surface area (Å²) in [6, 6.07) is 17.5. The predicted molar refractivity (Wildman–Crippen MR) is 130 cm³/mol. The largest absolute Gasteiger partial charge is 0.440 e. The van der Waals surface area contributed by atoms with Gasteiger partial charge in [-0.25, -0.2) is 9.97 Å². The van der Waals surface area contributed by atoms with Gasteiger partial charge in [-0.3, -0.25) is 9.59 Å². The Kier molecular flexibility index (Phi) is 6.51. The van der Waals surface area contributed by atoms with E-state index in [0.717, 1.165) is 42.9 Å². The third-order valence-corrected chi connectivity index (χ3v) is 6.50. The zero-order chi connectivity index (χ0) is 23.3. The average Bonchev–Trinajstić information content (AvgIpc) is 3.36. The molecule has 0 unspecified atom stereocenters. The summed E-state index contributed by atoms with van der Waals surface area (Å²) in [6.07, 6.45) is 7.14. The van der Waals surface area contributed by atoms with Crippen LogP contribution in [0.25, 0.3) is 22.2 Å². The molecule has 0 atom stereocenters. The number of para-hydroxylation sites is 1. The first-order valence-corrected chi connectivity index (χ1v) is 11.9. The van der Waals surface area contributed by atoms with E-state index in [4.69, 9.17) is 4.42 Å². The van der Waals surface area contributed by atoms with Crippen LogP contribution >= 0.6 is 0 Å². The molecule has 4 aromatic rings. The Hall–Kier alpha value is -3.74. The monoisotopic (exact) mass is 456 g/mol. The minimum Gasteiger partial charge on any atom is -0.440 e. The van der Waals surface area contributed by atoms with E-state index < -0.39 is 0 Å². The summed E-state index contributed by atoms with van der Waals surface area (Å²) in [7, 11) is 0. The summed E-state index contributed by atoms with van der Waals surface area (Å²) in [5, 5.41) is 3.75. The smallest absolute Gasteiger partial charge is 0.258 e. The van der Waals surface area contributed by atoms with Gasteiger partial charge in [0.1, 0.15) is 5.82 Å². The Morgan fingerprint density at radius 3 is 2.62 bits per heavy atom. The lowest BCUT2D eigenvalue weighted by molar-refractivity contribution is -0.122. The van der Waals surface area contributed by atoms with Gasteiger partial charge in [0.15, 0.2) is 11.7 Å². The van der Waals surface area contributed by atoms with E-state index in [1.54, 1.807) is 12.3 Å². The van der Waals surface area contributed by atoms with Crippen LogP contribution in [0.5, 0.6) is 0 Å². The number of benzene rings is 2. The Bertz CT molecular complexity index is 1320. The van der Waals surface area contributed by atoms with Gasteiger partial charge in [0.05, 0.1) is 17.1 Å². The Morgan fingerprint density at radius 2 is 1.79 bits per heavy atom. The van der Waals surface area contributed by atoms with Crippen molar-refractivity contribution in [2.75, 3.05) is 0 Å². The Labute approximate surface area is 197 Å². The van der Waals surface area contributed by atoms with Gasteiger partial charge in [-0.1, -0.05) is 42.5 Å². The van der Waals surface area contributed by atoms with Gasteiger partial charge in [0, 0.05) is 30.4 Å². The summed E-state index contributed by atoms with van der Waals surface area (Å²) >= 11 is 0. The fourth-order valence-corrected chi connectivity index (χ4v) is 4.67. The van der Waals surface area contributed by atoms with Crippen LogP contribution in [0.4, 0.5) is 0 Å². The quantitative estimate of drug-likeness (QED) is 0.418. The van der Waals surface area contributed by atoms with Gasteiger partial charge < -0.3 is 14.7 Å². The first-order valence-electron chi connectivity index (χ1n) is 11.9. The molecule has 1 fully saturated rings. The molecule has 1 aliphatic carbocycles. The lowest BCUT2D eigenvalue weighted by Crippen LogP contribution is -2.37. The topological polar surface area (TPSA) is 101 Å². The minimum absolute atomic E-state index is 0.0501. The lowest BCUT2D eigenvalue weighted by Gasteiger charge is -2.27. The summed E-state index contributed by atoms with van der Waals surface area (Å²) in [6.45, 7) is 0. The van der Waals surface area contributed by atoms with Gasteiger partial charge in [-0.05, 0) is 44.2 Å². The molecule has 0 saturated heterocycles. The maximum Gasteiger partial charge on any atom is 0.258 e. The third-order valence-electron chi connectivity index (χ3n) is 6.50. The van der Waals surface area contributed by atoms with Crippen molar-refractivity contribution in [2.45, 2.75) is 56.9 Å². The Morgan fingerprint density at radius 1 is 1.03 bits per heavy atom. The average molecular weight is 457 g/mol. The minimum atomic E-state index is -0.135. The second-order valence-corrected chi connectivity index (χ2v) is 8.93. The van der Waals surface area contributed by atoms with Gasteiger partial charge in [0.25, 0.3) is 5.56 Å². The number of fused-ring (bicyclic) bond motifs is 1. The molecule has 0 aliphatic heterocycles. The van der Waals surface area contributed by atoms with Gasteiger partial charge in [0.2, 0.25) is 5.91 Å². The van der Waals surface area contributed by atoms with Crippen LogP contribution in [0.2, 0.25) is 0 Å². The number of carbonyl (C=O) groups excluding carboxylic acids is 1. The number of oxazole rings is 1. The first kappa shape index (κ1) is 22.1. The van der Waals surface area contributed by atoms with Crippen molar-refractivity contribution in [2.24, 2.45) is 0 Å². The van der Waals surface area contributed by atoms with E-state index in [0.29, 0.717) is 41.9 Å². The second kappa shape index (κ2) is 10.0. The highest BCUT2D eigenvalue weighted by Gasteiger charge is 2.26. The molecule has 7 heteroatoms. The van der Waals surface area contributed by atoms with E-state index in [1.807, 2.05) is 48.5 Å². The number of aromatic amines is 1. The van der Waals surface area contributed by atoms with Crippen LogP contribution in [0, 0.1) is 0 Å². The zero-order valence-electron chi connectivity index (χ0n) is 19.0. The maximum atomic E-state index is 12.5. The van der Waals surface area contributed by atoms with Crippen LogP contribution < -0.4 is 10.9 Å². The van der Waals surface area contributed by atoms with Gasteiger partial charge in [-0.2, -0.15) is 0 Å². The molecule has 5 rings (SSSR count). The third kappa shape index (κ3) is 5.09. The summed E-state index contributed by atoms with van der Waals surface area (Å²) < 4.78 is 6.03. The summed E-state index contributed by atoms with van der Waals surface area (Å²) in [4.78, 5) is 36.5. The van der Waals surface area contributed by atoms with Crippen molar-refractivity contribution in [3.05, 3.63) is 82.9 Å². The maximum absolute atomic E-state index is 12.5. The molecule has 1 aliphatic rings. The number of aromatic nitrogens is 3. The van der Waals surface area contributed by atoms with Crippen molar-refractivity contribution in [3.8, 4) is 11.3 Å². The van der Waals surface area contributed by atoms with Crippen LogP contribution in [-0.2, 0) is 11.2 Å². The SMILES string of the molecule is O=C(CCCc1nc2ccccc2c(=O)[nH]1)NC1CCC(c2ncc(-c3ccccc3)o2)CC1. The van der Waals surface area contributed by atoms with Gasteiger partial charge >= 0.3 is 0 Å². The van der Waals surface area contributed by atoms with Crippen LogP contribution in [0.15, 0.2) is 70.0 Å². The zero-order valence-corrected chi connectivity index (χ0v) is 19.0. The van der Waals surface area contributed by atoms with E-state index in [-0.39, 0.29) is 17.5 Å². The number of hydrogen-bond acceptors (Lipinski definition) is 5. The molecular formula is C27H28N4O3. The Balaban J connectivity index is 1.07. The molecule has 2 aromatic heterocycles. The molecule has 7 nitrogen and oxygen atoms in total. The van der Waals surface area contributed by atoms with Crippen LogP contribution in [-0.4, -0.2) is 26.9 Å². The second-order valence-electron chi connectivity index (χ2n) is 8.93. The molecule has 2 aromatic carbocycles. The number of hydrogen-bond donors (Lipinski definition) is 2. The fraction of sp³-hybridized carbons (Fsp3) is 0.333. The van der Waals surface area contributed by atoms with Crippen LogP contribution in [0.3, 0.4) is 0 Å². The fourth-order valence-electron chi connectivity index (χ4n) is 4.67. The van der Waals surface area contributed by atoms with Crippen molar-refractivity contribution >= 4 is 16.8 Å². The molecule has 34 heavy (non-hydrogen) atoms. The van der Waals surface area contributed by atoms with Crippen molar-refractivity contribution in [3.63, 3.8) is 0 Å². The van der Waals surface area contributed by atoms with E-state index >= 15 is 0 Å². The number of rotatable bonds is 7. The number of H-pyrrole nitrogens is 1. The summed E-state index contributed by atoms with van der Waals surface area (Å²) in [5.41, 5.74) is 1.58. The number of aryl methyl sites for hydroxylation is 1. The molecule has 1 amide bonds. The molecular weight excluding hydrogens is 428 g/mol. The molecule has 0 spiro atoms. The standard InChI is InChI=1S/C27H28N4O3/c32-25(12-6-11-24-30-22-10-5-4-9-21(22)26(33)31-24)29-20-15-13-19(14-16-20)27-28-17-23(34-27)18-7-2-1-3-8-18/h1-5,7-10,17,19-20H,6,11-16H2,(H,29,32)(H,30,31,33). The van der Waals surface area contributed by atoms with E-state index in [9.17, 15) is 9.59 Å². The van der Waals surface area contributed by atoms with E-state index in [1.165, 1.54) is 0 Å². The predicted octanol–water partition coefficient (Wildman–Crippen LogP) is 4.74. The first-order chi connectivity index (χ1) is 16.7. The molecule has 174 valence electrons. The highest BCUT2D eigenvalue weighted by atomic mass is 16.4. The lowest BCUT2D eigenvalue weighted by atomic mass is 9.86. The van der Waals surface area contributed by atoms with Crippen LogP contribution in [0.1, 0.15) is 56.2 Å². The normalized spacial score (nSPS) is 18.1. The van der Waals surface area contributed by atoms with Crippen molar-refractivity contribution < 1.29 is 9.21 Å². The molecule has 1 saturated carbocycles. The molecule has 2 heterocycles. The number of nitrogens with zero attached hydrogens (tertiary/aromatic N) is 2. The summed E-state index contributed by atoms with van der Waals surface area (Å²) in [5.74, 6) is 2.56. The highest BCUT2D eigenvalue weighted by molar-refractivity contribution is 5.77. The number of carbonyl (C=O) groups is 1. The molecule has 2 N–H and O–H groups in total. The van der Waals surface area contributed by atoms with Gasteiger partial charge in [-0.15, -0.1) is 0 Å². The van der Waals surface area contributed by atoms with Crippen molar-refractivity contribution in [1.29, 1.82) is 0 Å².